The smallest absolute Gasteiger partial charge is 0.345 e. The number of hydrogen-bond donors (Lipinski definition) is 1. The number of nitrogens with one attached hydrogen (secondary N) is 1. The second kappa shape index (κ2) is 6.19. The molecule has 0 saturated carbocycles. The Labute approximate surface area is 149 Å². The first-order valence-electron chi connectivity index (χ1n) is 7.35. The number of alkyl halides is 3. The Morgan fingerprint density at radius 3 is 2.88 bits per heavy atom. The lowest BCUT2D eigenvalue weighted by molar-refractivity contribution is -0.142. The number of amides is 1. The van der Waals surface area contributed by atoms with E-state index in [2.05, 4.69) is 20.9 Å². The summed E-state index contributed by atoms with van der Waals surface area (Å²) < 4.78 is 39.8. The highest BCUT2D eigenvalue weighted by atomic mass is 79.9. The molecular weight excluding hydrogens is 401 g/mol. The summed E-state index contributed by atoms with van der Waals surface area (Å²) in [5.41, 5.74) is 0.288. The zero-order valence-electron chi connectivity index (χ0n) is 12.8. The molecule has 1 aromatic heterocycles. The number of halogens is 4. The summed E-state index contributed by atoms with van der Waals surface area (Å²) in [5.74, 6) is -0.757. The molecule has 2 aromatic rings. The van der Waals surface area contributed by atoms with Crippen molar-refractivity contribution in [3.05, 3.63) is 52.0 Å². The summed E-state index contributed by atoms with van der Waals surface area (Å²) >= 11 is 3.35. The van der Waals surface area contributed by atoms with E-state index in [1.165, 1.54) is 12.4 Å². The Kier molecular flexibility index (Phi) is 4.33. The third-order valence-corrected chi connectivity index (χ3v) is 4.89. The second-order valence-electron chi connectivity index (χ2n) is 5.72. The first-order valence-corrected chi connectivity index (χ1v) is 8.14. The number of nitriles is 1. The first-order chi connectivity index (χ1) is 11.8. The fraction of sp³-hybridized carbons (Fsp3) is 0.312. The molecule has 25 heavy (non-hydrogen) atoms. The number of benzene rings is 1. The highest BCUT2D eigenvalue weighted by Gasteiger charge is 2.48. The average Bonchev–Trinajstić information content (AvgIpc) is 3.15. The van der Waals surface area contributed by atoms with Crippen molar-refractivity contribution in [3.63, 3.8) is 0 Å². The Balaban J connectivity index is 2.09. The molecule has 0 saturated heterocycles. The van der Waals surface area contributed by atoms with E-state index in [-0.39, 0.29) is 0 Å². The van der Waals surface area contributed by atoms with Gasteiger partial charge in [0.25, 0.3) is 5.91 Å². The number of aryl methyl sites for hydroxylation is 1. The predicted molar refractivity (Wildman–Crippen MR) is 85.5 cm³/mol. The van der Waals surface area contributed by atoms with E-state index in [0.29, 0.717) is 28.4 Å². The number of hydrogen-bond acceptors (Lipinski definition) is 3. The highest BCUT2D eigenvalue weighted by molar-refractivity contribution is 9.10. The molecule has 0 spiro atoms. The molecule has 0 fully saturated rings. The Hall–Kier alpha value is -2.34. The van der Waals surface area contributed by atoms with Gasteiger partial charge in [-0.2, -0.15) is 18.4 Å². The lowest BCUT2D eigenvalue weighted by Gasteiger charge is -2.31. The van der Waals surface area contributed by atoms with E-state index in [9.17, 15) is 18.0 Å². The summed E-state index contributed by atoms with van der Waals surface area (Å²) in [7, 11) is 0. The molecule has 5 nitrogen and oxygen atoms in total. The Morgan fingerprint density at radius 2 is 2.24 bits per heavy atom. The number of carbonyl (C=O) groups excluding carboxylic acids is 1. The molecule has 1 aliphatic heterocycles. The molecule has 130 valence electrons. The largest absolute Gasteiger partial charge is 0.405 e. The van der Waals surface area contributed by atoms with Crippen molar-refractivity contribution in [2.24, 2.45) is 0 Å². The van der Waals surface area contributed by atoms with Gasteiger partial charge in [-0.15, -0.1) is 0 Å². The van der Waals surface area contributed by atoms with Crippen LogP contribution in [0.4, 0.5) is 13.2 Å². The van der Waals surface area contributed by atoms with Crippen LogP contribution in [0.1, 0.15) is 23.2 Å². The standard InChI is InChI=1S/C16H12BrF3N4O/c17-13-5-10(6-21)1-2-12(13)15(14(25)23-8-16(18,19)20)4-3-11-7-22-9-24(11)15/h1-2,5,7,9H,3-4,8H2,(H,23,25). The maximum Gasteiger partial charge on any atom is 0.405 e. The topological polar surface area (TPSA) is 70.7 Å². The third-order valence-electron chi connectivity index (χ3n) is 4.24. The molecule has 1 amide bonds. The fourth-order valence-electron chi connectivity index (χ4n) is 3.14. The van der Waals surface area contributed by atoms with E-state index in [1.54, 1.807) is 22.9 Å². The van der Waals surface area contributed by atoms with E-state index in [4.69, 9.17) is 5.26 Å². The van der Waals surface area contributed by atoms with Crippen molar-refractivity contribution >= 4 is 21.8 Å². The molecule has 9 heteroatoms. The number of carbonyl (C=O) groups is 1. The summed E-state index contributed by atoms with van der Waals surface area (Å²) in [5, 5.41) is 11.0. The molecule has 1 atom stereocenters. The lowest BCUT2D eigenvalue weighted by atomic mass is 9.86. The second-order valence-corrected chi connectivity index (χ2v) is 6.57. The minimum Gasteiger partial charge on any atom is -0.345 e. The van der Waals surface area contributed by atoms with Crippen LogP contribution in [0.5, 0.6) is 0 Å². The first kappa shape index (κ1) is 17.5. The van der Waals surface area contributed by atoms with Crippen LogP contribution >= 0.6 is 15.9 Å². The normalized spacial score (nSPS) is 19.3. The van der Waals surface area contributed by atoms with Gasteiger partial charge in [-0.25, -0.2) is 4.98 Å². The van der Waals surface area contributed by atoms with Crippen molar-refractivity contribution in [2.75, 3.05) is 6.54 Å². The van der Waals surface area contributed by atoms with Crippen LogP contribution in [-0.4, -0.2) is 28.2 Å². The van der Waals surface area contributed by atoms with Gasteiger partial charge in [-0.1, -0.05) is 22.0 Å². The van der Waals surface area contributed by atoms with E-state index < -0.39 is 24.2 Å². The third kappa shape index (κ3) is 3.02. The Morgan fingerprint density at radius 1 is 1.48 bits per heavy atom. The SMILES string of the molecule is N#Cc1ccc(C2(C(=O)NCC(F)(F)F)CCc3cncn32)c(Br)c1. The van der Waals surface area contributed by atoms with Crippen molar-refractivity contribution in [1.82, 2.24) is 14.9 Å². The van der Waals surface area contributed by atoms with Crippen molar-refractivity contribution in [2.45, 2.75) is 24.6 Å². The van der Waals surface area contributed by atoms with Crippen LogP contribution in [0.3, 0.4) is 0 Å². The van der Waals surface area contributed by atoms with E-state index in [0.717, 1.165) is 5.69 Å². The number of rotatable bonds is 3. The summed E-state index contributed by atoms with van der Waals surface area (Å²) in [6, 6.07) is 6.66. The number of aromatic nitrogens is 2. The van der Waals surface area contributed by atoms with Gasteiger partial charge >= 0.3 is 6.18 Å². The molecule has 1 N–H and O–H groups in total. The zero-order chi connectivity index (χ0) is 18.2. The van der Waals surface area contributed by atoms with Gasteiger partial charge in [0.2, 0.25) is 0 Å². The van der Waals surface area contributed by atoms with Crippen molar-refractivity contribution in [1.29, 1.82) is 5.26 Å². The summed E-state index contributed by atoms with van der Waals surface area (Å²) in [4.78, 5) is 16.8. The van der Waals surface area contributed by atoms with Crippen LogP contribution < -0.4 is 5.32 Å². The molecule has 1 unspecified atom stereocenters. The van der Waals surface area contributed by atoms with Gasteiger partial charge in [-0.3, -0.25) is 4.79 Å². The monoisotopic (exact) mass is 412 g/mol. The van der Waals surface area contributed by atoms with Gasteiger partial charge in [0.05, 0.1) is 18.0 Å². The number of imidazole rings is 1. The predicted octanol–water partition coefficient (Wildman–Crippen LogP) is 2.89. The number of nitrogens with zero attached hydrogens (tertiary/aromatic N) is 3. The fourth-order valence-corrected chi connectivity index (χ4v) is 3.84. The van der Waals surface area contributed by atoms with Gasteiger partial charge in [0.15, 0.2) is 5.54 Å². The molecular formula is C16H12BrF3N4O. The quantitative estimate of drug-likeness (QED) is 0.842. The van der Waals surface area contributed by atoms with Crippen molar-refractivity contribution in [3.8, 4) is 6.07 Å². The molecule has 1 aliphatic rings. The maximum absolute atomic E-state index is 12.8. The van der Waals surface area contributed by atoms with E-state index in [1.807, 2.05) is 11.4 Å². The van der Waals surface area contributed by atoms with Gasteiger partial charge in [0.1, 0.15) is 6.54 Å². The summed E-state index contributed by atoms with van der Waals surface area (Å²) in [6.45, 7) is -1.41. The number of fused-ring (bicyclic) bond motifs is 1. The van der Waals surface area contributed by atoms with Crippen LogP contribution in [0.2, 0.25) is 0 Å². The highest BCUT2D eigenvalue weighted by Crippen LogP contribution is 2.42. The molecule has 0 aliphatic carbocycles. The van der Waals surface area contributed by atoms with Crippen LogP contribution in [0, 0.1) is 11.3 Å². The Bertz CT molecular complexity index is 871. The van der Waals surface area contributed by atoms with E-state index >= 15 is 0 Å². The molecule has 0 radical (unpaired) electrons. The average molecular weight is 413 g/mol. The molecule has 2 heterocycles. The minimum absolute atomic E-state index is 0.305. The maximum atomic E-state index is 12.8. The van der Waals surface area contributed by atoms with Gasteiger partial charge < -0.3 is 9.88 Å². The van der Waals surface area contributed by atoms with Crippen LogP contribution in [-0.2, 0) is 16.8 Å². The molecule has 0 bridgehead atoms. The zero-order valence-corrected chi connectivity index (χ0v) is 14.4. The minimum atomic E-state index is -4.50. The van der Waals surface area contributed by atoms with Gasteiger partial charge in [-0.05, 0) is 25.0 Å². The lowest BCUT2D eigenvalue weighted by Crippen LogP contribution is -2.50. The molecule has 1 aromatic carbocycles. The molecule has 3 rings (SSSR count). The van der Waals surface area contributed by atoms with Crippen LogP contribution in [0.15, 0.2) is 35.2 Å². The van der Waals surface area contributed by atoms with Gasteiger partial charge in [0, 0.05) is 21.9 Å². The van der Waals surface area contributed by atoms with Crippen molar-refractivity contribution < 1.29 is 18.0 Å². The van der Waals surface area contributed by atoms with Crippen LogP contribution in [0.25, 0.3) is 0 Å². The summed E-state index contributed by atoms with van der Waals surface area (Å²) in [6.07, 6.45) is -0.656.